The lowest BCUT2D eigenvalue weighted by Crippen LogP contribution is -2.46. The van der Waals surface area contributed by atoms with E-state index in [1.807, 2.05) is 6.07 Å². The fourth-order valence-corrected chi connectivity index (χ4v) is 1.32. The van der Waals surface area contributed by atoms with Gasteiger partial charge < -0.3 is 9.84 Å². The van der Waals surface area contributed by atoms with E-state index in [1.165, 1.54) is 0 Å². The van der Waals surface area contributed by atoms with Gasteiger partial charge in [-0.3, -0.25) is 4.79 Å². The van der Waals surface area contributed by atoms with Crippen LogP contribution in [0.2, 0.25) is 0 Å². The third kappa shape index (κ3) is 1.28. The van der Waals surface area contributed by atoms with Crippen LogP contribution in [0, 0.1) is 16.7 Å². The minimum Gasteiger partial charge on any atom is -0.465 e. The average molecular weight is 169 g/mol. The highest BCUT2D eigenvalue weighted by molar-refractivity contribution is 5.81. The van der Waals surface area contributed by atoms with Gasteiger partial charge in [0.1, 0.15) is 0 Å². The summed E-state index contributed by atoms with van der Waals surface area (Å²) in [6, 6.07) is 1.90. The lowest BCUT2D eigenvalue weighted by molar-refractivity contribution is -0.162. The van der Waals surface area contributed by atoms with Crippen molar-refractivity contribution in [1.29, 1.82) is 5.26 Å². The molecule has 0 spiro atoms. The maximum Gasteiger partial charge on any atom is 0.326 e. The van der Waals surface area contributed by atoms with E-state index in [0.717, 1.165) is 0 Å². The van der Waals surface area contributed by atoms with E-state index < -0.39 is 17.5 Å². The molecule has 0 radical (unpaired) electrons. The van der Waals surface area contributed by atoms with Gasteiger partial charge in [0.2, 0.25) is 0 Å². The van der Waals surface area contributed by atoms with E-state index in [1.54, 1.807) is 6.92 Å². The Morgan fingerprint density at radius 3 is 2.75 bits per heavy atom. The van der Waals surface area contributed by atoms with Crippen molar-refractivity contribution in [2.24, 2.45) is 5.41 Å². The first-order valence-electron chi connectivity index (χ1n) is 3.91. The molecule has 1 fully saturated rings. The number of ether oxygens (including phenoxy) is 1. The zero-order chi connectivity index (χ0) is 9.19. The summed E-state index contributed by atoms with van der Waals surface area (Å²) in [6.07, 6.45) is -0.0981. The van der Waals surface area contributed by atoms with E-state index in [4.69, 9.17) is 15.1 Å². The molecule has 0 heterocycles. The number of nitrogens with zero attached hydrogens (tertiary/aromatic N) is 1. The highest BCUT2D eigenvalue weighted by Crippen LogP contribution is 2.41. The molecule has 0 bridgehead atoms. The summed E-state index contributed by atoms with van der Waals surface area (Å²) < 4.78 is 4.72. The Kier molecular flexibility index (Phi) is 2.34. The van der Waals surface area contributed by atoms with E-state index in [0.29, 0.717) is 0 Å². The summed E-state index contributed by atoms with van der Waals surface area (Å²) >= 11 is 0. The number of hydrogen-bond acceptors (Lipinski definition) is 4. The summed E-state index contributed by atoms with van der Waals surface area (Å²) in [5.74, 6) is -0.502. The van der Waals surface area contributed by atoms with E-state index in [2.05, 4.69) is 0 Å². The number of rotatable bonds is 2. The van der Waals surface area contributed by atoms with Gasteiger partial charge in [0.15, 0.2) is 5.41 Å². The van der Waals surface area contributed by atoms with Crippen molar-refractivity contribution in [3.63, 3.8) is 0 Å². The Morgan fingerprint density at radius 2 is 2.42 bits per heavy atom. The van der Waals surface area contributed by atoms with Gasteiger partial charge in [-0.05, 0) is 6.92 Å². The van der Waals surface area contributed by atoms with Gasteiger partial charge in [-0.15, -0.1) is 0 Å². The van der Waals surface area contributed by atoms with Gasteiger partial charge in [-0.1, -0.05) is 0 Å². The molecule has 0 aromatic carbocycles. The molecule has 4 nitrogen and oxygen atoms in total. The molecule has 1 rings (SSSR count). The first-order chi connectivity index (χ1) is 5.64. The number of nitriles is 1. The normalized spacial score (nSPS) is 33.2. The molecule has 1 aliphatic rings. The maximum absolute atomic E-state index is 11.2. The van der Waals surface area contributed by atoms with Crippen molar-refractivity contribution in [3.05, 3.63) is 0 Å². The fraction of sp³-hybridized carbons (Fsp3) is 0.750. The zero-order valence-electron chi connectivity index (χ0n) is 6.91. The number of carbonyl (C=O) groups is 1. The number of aliphatic hydroxyl groups excluding tert-OH is 1. The van der Waals surface area contributed by atoms with E-state index in [-0.39, 0.29) is 19.4 Å². The van der Waals surface area contributed by atoms with Gasteiger partial charge in [0.25, 0.3) is 0 Å². The predicted molar refractivity (Wildman–Crippen MR) is 39.9 cm³/mol. The maximum atomic E-state index is 11.2. The number of esters is 1. The summed E-state index contributed by atoms with van der Waals surface area (Å²) in [6.45, 7) is 1.97. The van der Waals surface area contributed by atoms with Gasteiger partial charge >= 0.3 is 5.97 Å². The first kappa shape index (κ1) is 9.01. The van der Waals surface area contributed by atoms with Crippen molar-refractivity contribution < 1.29 is 14.6 Å². The molecule has 0 saturated heterocycles. The molecular formula is C8H11NO3. The highest BCUT2D eigenvalue weighted by atomic mass is 16.5. The third-order valence-corrected chi connectivity index (χ3v) is 2.05. The largest absolute Gasteiger partial charge is 0.465 e. The summed E-state index contributed by atoms with van der Waals surface area (Å²) in [5, 5.41) is 17.7. The number of hydrogen-bond donors (Lipinski definition) is 1. The molecule has 1 N–H and O–H groups in total. The topological polar surface area (TPSA) is 70.3 Å². The minimum atomic E-state index is -1.06. The monoisotopic (exact) mass is 169 g/mol. The Morgan fingerprint density at radius 1 is 1.83 bits per heavy atom. The Labute approximate surface area is 70.7 Å². The third-order valence-electron chi connectivity index (χ3n) is 2.05. The number of aliphatic hydroxyl groups is 1. The van der Waals surface area contributed by atoms with Gasteiger partial charge in [-0.2, -0.15) is 5.26 Å². The molecule has 1 aliphatic carbocycles. The molecule has 0 unspecified atom stereocenters. The van der Waals surface area contributed by atoms with Crippen molar-refractivity contribution >= 4 is 5.97 Å². The second-order valence-corrected chi connectivity index (χ2v) is 2.98. The quantitative estimate of drug-likeness (QED) is 0.600. The van der Waals surface area contributed by atoms with Crippen LogP contribution in [-0.4, -0.2) is 23.8 Å². The van der Waals surface area contributed by atoms with Crippen molar-refractivity contribution in [2.45, 2.75) is 25.9 Å². The van der Waals surface area contributed by atoms with Crippen LogP contribution < -0.4 is 0 Å². The molecular weight excluding hydrogens is 158 g/mol. The van der Waals surface area contributed by atoms with Crippen molar-refractivity contribution in [1.82, 2.24) is 0 Å². The summed E-state index contributed by atoms with van der Waals surface area (Å²) in [7, 11) is 0. The highest BCUT2D eigenvalue weighted by Gasteiger charge is 2.51. The summed E-state index contributed by atoms with van der Waals surface area (Å²) in [4.78, 5) is 11.2. The fourth-order valence-electron chi connectivity index (χ4n) is 1.32. The molecule has 0 aliphatic heterocycles. The molecule has 0 atom stereocenters. The standard InChI is InChI=1S/C8H11NO3/c1-2-12-7(11)8(5-9)3-6(10)4-8/h6,10H,2-4H2,1H3. The van der Waals surface area contributed by atoms with Gasteiger partial charge in [0.05, 0.1) is 18.8 Å². The SMILES string of the molecule is CCOC(=O)C1(C#N)CC(O)C1. The Hall–Kier alpha value is -1.08. The summed E-state index contributed by atoms with van der Waals surface area (Å²) in [5.41, 5.74) is -1.06. The van der Waals surface area contributed by atoms with E-state index >= 15 is 0 Å². The smallest absolute Gasteiger partial charge is 0.326 e. The second kappa shape index (κ2) is 3.11. The average Bonchev–Trinajstić information content (AvgIpc) is 1.98. The lowest BCUT2D eigenvalue weighted by atomic mass is 9.68. The van der Waals surface area contributed by atoms with Gasteiger partial charge in [-0.25, -0.2) is 0 Å². The van der Waals surface area contributed by atoms with E-state index in [9.17, 15) is 4.79 Å². The van der Waals surface area contributed by atoms with Crippen LogP contribution in [0.15, 0.2) is 0 Å². The number of carbonyl (C=O) groups excluding carboxylic acids is 1. The van der Waals surface area contributed by atoms with Crippen molar-refractivity contribution in [2.75, 3.05) is 6.61 Å². The van der Waals surface area contributed by atoms with Crippen LogP contribution >= 0.6 is 0 Å². The molecule has 1 saturated carbocycles. The van der Waals surface area contributed by atoms with Crippen LogP contribution in [0.3, 0.4) is 0 Å². The van der Waals surface area contributed by atoms with Crippen LogP contribution in [0.1, 0.15) is 19.8 Å². The van der Waals surface area contributed by atoms with Crippen LogP contribution in [0.25, 0.3) is 0 Å². The molecule has 0 aromatic heterocycles. The molecule has 66 valence electrons. The van der Waals surface area contributed by atoms with Gasteiger partial charge in [0, 0.05) is 12.8 Å². The zero-order valence-corrected chi connectivity index (χ0v) is 6.91. The Bertz CT molecular complexity index is 225. The molecule has 0 amide bonds. The van der Waals surface area contributed by atoms with Crippen LogP contribution in [0.4, 0.5) is 0 Å². The van der Waals surface area contributed by atoms with Crippen LogP contribution in [0.5, 0.6) is 0 Å². The van der Waals surface area contributed by atoms with Crippen LogP contribution in [-0.2, 0) is 9.53 Å². The lowest BCUT2D eigenvalue weighted by Gasteiger charge is -2.36. The first-order valence-corrected chi connectivity index (χ1v) is 3.91. The van der Waals surface area contributed by atoms with Crippen molar-refractivity contribution in [3.8, 4) is 6.07 Å². The minimum absolute atomic E-state index is 0.211. The molecule has 0 aromatic rings. The Balaban J connectivity index is 2.59. The molecule has 4 heteroatoms. The molecule has 12 heavy (non-hydrogen) atoms. The second-order valence-electron chi connectivity index (χ2n) is 2.98. The predicted octanol–water partition coefficient (Wildman–Crippen LogP) is 0.214.